The molecule has 19 heavy (non-hydrogen) atoms. The van der Waals surface area contributed by atoms with E-state index in [1.54, 1.807) is 18.2 Å². The molecular weight excluding hydrogens is 261 g/mol. The SMILES string of the molecule is CCNC(CS(=O)c1ccccc1F)C1CCCC1. The monoisotopic (exact) mass is 283 g/mol. The summed E-state index contributed by atoms with van der Waals surface area (Å²) < 4.78 is 26.0. The molecule has 0 saturated heterocycles. The van der Waals surface area contributed by atoms with Gasteiger partial charge in [0, 0.05) is 11.8 Å². The van der Waals surface area contributed by atoms with Gasteiger partial charge in [-0.3, -0.25) is 4.21 Å². The molecule has 1 aliphatic rings. The van der Waals surface area contributed by atoms with Crippen LogP contribution in [0.2, 0.25) is 0 Å². The molecule has 1 saturated carbocycles. The lowest BCUT2D eigenvalue weighted by molar-refractivity contribution is 0.392. The zero-order valence-corrected chi connectivity index (χ0v) is 12.2. The summed E-state index contributed by atoms with van der Waals surface area (Å²) in [6.07, 6.45) is 4.93. The number of hydrogen-bond acceptors (Lipinski definition) is 2. The third kappa shape index (κ3) is 3.86. The Morgan fingerprint density at radius 3 is 2.68 bits per heavy atom. The lowest BCUT2D eigenvalue weighted by Gasteiger charge is -2.23. The van der Waals surface area contributed by atoms with Crippen LogP contribution in [0.3, 0.4) is 0 Å². The topological polar surface area (TPSA) is 29.1 Å². The van der Waals surface area contributed by atoms with Crippen molar-refractivity contribution in [2.24, 2.45) is 5.92 Å². The van der Waals surface area contributed by atoms with Gasteiger partial charge in [0.1, 0.15) is 5.82 Å². The van der Waals surface area contributed by atoms with Crippen LogP contribution in [-0.4, -0.2) is 22.5 Å². The maximum absolute atomic E-state index is 13.6. The Kier molecular flexibility index (Phi) is 5.52. The zero-order valence-electron chi connectivity index (χ0n) is 11.4. The quantitative estimate of drug-likeness (QED) is 0.869. The van der Waals surface area contributed by atoms with Gasteiger partial charge >= 0.3 is 0 Å². The van der Waals surface area contributed by atoms with Gasteiger partial charge in [0.25, 0.3) is 0 Å². The second-order valence-electron chi connectivity index (χ2n) is 5.15. The molecule has 2 atom stereocenters. The maximum atomic E-state index is 13.6. The predicted octanol–water partition coefficient (Wildman–Crippen LogP) is 3.10. The van der Waals surface area contributed by atoms with Crippen molar-refractivity contribution in [2.45, 2.75) is 43.5 Å². The summed E-state index contributed by atoms with van der Waals surface area (Å²) in [5, 5.41) is 3.43. The van der Waals surface area contributed by atoms with E-state index in [4.69, 9.17) is 0 Å². The summed E-state index contributed by atoms with van der Waals surface area (Å²) in [4.78, 5) is 0.336. The Morgan fingerprint density at radius 1 is 1.37 bits per heavy atom. The first-order chi connectivity index (χ1) is 9.22. The summed E-state index contributed by atoms with van der Waals surface area (Å²) >= 11 is 0. The van der Waals surface area contributed by atoms with Crippen molar-refractivity contribution >= 4 is 10.8 Å². The Labute approximate surface area is 117 Å². The van der Waals surface area contributed by atoms with E-state index < -0.39 is 10.8 Å². The smallest absolute Gasteiger partial charge is 0.139 e. The minimum atomic E-state index is -1.26. The normalized spacial score (nSPS) is 19.5. The number of benzene rings is 1. The van der Waals surface area contributed by atoms with Crippen molar-refractivity contribution in [1.82, 2.24) is 5.32 Å². The lowest BCUT2D eigenvalue weighted by atomic mass is 10.00. The molecule has 1 fully saturated rings. The molecule has 0 spiro atoms. The first kappa shape index (κ1) is 14.7. The van der Waals surface area contributed by atoms with Crippen molar-refractivity contribution in [1.29, 1.82) is 0 Å². The summed E-state index contributed by atoms with van der Waals surface area (Å²) in [6, 6.07) is 6.63. The van der Waals surface area contributed by atoms with Crippen molar-refractivity contribution in [3.05, 3.63) is 30.1 Å². The number of hydrogen-bond donors (Lipinski definition) is 1. The molecule has 2 rings (SSSR count). The van der Waals surface area contributed by atoms with Crippen LogP contribution in [0.1, 0.15) is 32.6 Å². The first-order valence-electron chi connectivity index (χ1n) is 7.08. The van der Waals surface area contributed by atoms with Gasteiger partial charge in [0.2, 0.25) is 0 Å². The Hall–Kier alpha value is -0.740. The molecule has 0 heterocycles. The molecule has 2 unspecified atom stereocenters. The Morgan fingerprint density at radius 2 is 2.05 bits per heavy atom. The summed E-state index contributed by atoms with van der Waals surface area (Å²) in [5.41, 5.74) is 0. The highest BCUT2D eigenvalue weighted by molar-refractivity contribution is 7.85. The van der Waals surface area contributed by atoms with Crippen LogP contribution in [0.25, 0.3) is 0 Å². The van der Waals surface area contributed by atoms with Crippen LogP contribution in [0, 0.1) is 11.7 Å². The second kappa shape index (κ2) is 7.15. The van der Waals surface area contributed by atoms with Crippen LogP contribution < -0.4 is 5.32 Å². The fourth-order valence-corrected chi connectivity index (χ4v) is 4.28. The van der Waals surface area contributed by atoms with Crippen LogP contribution in [0.4, 0.5) is 4.39 Å². The van der Waals surface area contributed by atoms with E-state index >= 15 is 0 Å². The minimum absolute atomic E-state index is 0.243. The van der Waals surface area contributed by atoms with E-state index in [2.05, 4.69) is 12.2 Å². The van der Waals surface area contributed by atoms with Gasteiger partial charge in [0.05, 0.1) is 15.7 Å². The van der Waals surface area contributed by atoms with Gasteiger partial charge in [-0.15, -0.1) is 0 Å². The van der Waals surface area contributed by atoms with E-state index in [-0.39, 0.29) is 11.9 Å². The van der Waals surface area contributed by atoms with Crippen LogP contribution >= 0.6 is 0 Å². The molecule has 106 valence electrons. The van der Waals surface area contributed by atoms with Gasteiger partial charge < -0.3 is 5.32 Å². The van der Waals surface area contributed by atoms with Gasteiger partial charge in [-0.25, -0.2) is 4.39 Å². The molecule has 4 heteroatoms. The van der Waals surface area contributed by atoms with Gasteiger partial charge in [-0.05, 0) is 37.4 Å². The van der Waals surface area contributed by atoms with Crippen LogP contribution in [0.15, 0.2) is 29.2 Å². The molecule has 1 N–H and O–H groups in total. The molecule has 1 aromatic rings. The fourth-order valence-electron chi connectivity index (χ4n) is 2.87. The van der Waals surface area contributed by atoms with E-state index in [1.807, 2.05) is 0 Å². The standard InChI is InChI=1S/C15H22FNOS/c1-2-17-14(12-7-3-4-8-12)11-19(18)15-10-6-5-9-13(15)16/h5-6,9-10,12,14,17H,2-4,7-8,11H2,1H3. The first-order valence-corrected chi connectivity index (χ1v) is 8.40. The van der Waals surface area contributed by atoms with Crippen molar-refractivity contribution < 1.29 is 8.60 Å². The highest BCUT2D eigenvalue weighted by Gasteiger charge is 2.26. The zero-order chi connectivity index (χ0) is 13.7. The van der Waals surface area contributed by atoms with E-state index in [0.29, 0.717) is 16.6 Å². The average molecular weight is 283 g/mol. The maximum Gasteiger partial charge on any atom is 0.139 e. The third-order valence-corrected chi connectivity index (χ3v) is 5.33. The predicted molar refractivity (Wildman–Crippen MR) is 77.1 cm³/mol. The van der Waals surface area contributed by atoms with Crippen LogP contribution in [0.5, 0.6) is 0 Å². The molecule has 0 amide bonds. The Balaban J connectivity index is 2.04. The molecule has 0 aromatic heterocycles. The summed E-state index contributed by atoms with van der Waals surface area (Å²) in [7, 11) is -1.26. The van der Waals surface area contributed by atoms with Crippen LogP contribution in [-0.2, 0) is 10.8 Å². The van der Waals surface area contributed by atoms with Crippen molar-refractivity contribution in [3.8, 4) is 0 Å². The van der Waals surface area contributed by atoms with E-state index in [9.17, 15) is 8.60 Å². The molecule has 0 radical (unpaired) electrons. The third-order valence-electron chi connectivity index (χ3n) is 3.85. The highest BCUT2D eigenvalue weighted by atomic mass is 32.2. The number of nitrogens with one attached hydrogen (secondary N) is 1. The summed E-state index contributed by atoms with van der Waals surface area (Å²) in [6.45, 7) is 2.93. The largest absolute Gasteiger partial charge is 0.313 e. The number of rotatable bonds is 6. The van der Waals surface area contributed by atoms with Crippen molar-refractivity contribution in [3.63, 3.8) is 0 Å². The molecule has 0 aliphatic heterocycles. The van der Waals surface area contributed by atoms with Gasteiger partial charge in [-0.1, -0.05) is 31.9 Å². The van der Waals surface area contributed by atoms with Crippen molar-refractivity contribution in [2.75, 3.05) is 12.3 Å². The lowest BCUT2D eigenvalue weighted by Crippen LogP contribution is -2.39. The fraction of sp³-hybridized carbons (Fsp3) is 0.600. The molecule has 2 nitrogen and oxygen atoms in total. The highest BCUT2D eigenvalue weighted by Crippen LogP contribution is 2.28. The molecular formula is C15H22FNOS. The second-order valence-corrected chi connectivity index (χ2v) is 6.62. The number of halogens is 1. The molecule has 1 aliphatic carbocycles. The van der Waals surface area contributed by atoms with Gasteiger partial charge in [0.15, 0.2) is 0 Å². The van der Waals surface area contributed by atoms with E-state index in [1.165, 1.54) is 31.7 Å². The molecule has 1 aromatic carbocycles. The Bertz CT molecular complexity index is 432. The summed E-state index contributed by atoms with van der Waals surface area (Å²) in [5.74, 6) is 0.748. The minimum Gasteiger partial charge on any atom is -0.313 e. The van der Waals surface area contributed by atoms with E-state index in [0.717, 1.165) is 6.54 Å². The van der Waals surface area contributed by atoms with Gasteiger partial charge in [-0.2, -0.15) is 0 Å². The average Bonchev–Trinajstić information content (AvgIpc) is 2.92. The molecule has 0 bridgehead atoms.